The Hall–Kier alpha value is -0.120. The van der Waals surface area contributed by atoms with Gasteiger partial charge in [0.25, 0.3) is 0 Å². The van der Waals surface area contributed by atoms with Gasteiger partial charge in [0, 0.05) is 19.8 Å². The van der Waals surface area contributed by atoms with Crippen LogP contribution in [0, 0.1) is 0 Å². The lowest BCUT2D eigenvalue weighted by Gasteiger charge is -2.21. The van der Waals surface area contributed by atoms with Crippen LogP contribution in [0.15, 0.2) is 0 Å². The minimum atomic E-state index is 0.218. The summed E-state index contributed by atoms with van der Waals surface area (Å²) < 4.78 is 11.9. The first-order chi connectivity index (χ1) is 11.7. The summed E-state index contributed by atoms with van der Waals surface area (Å²) in [5, 5.41) is 0. The van der Waals surface area contributed by atoms with E-state index in [0.29, 0.717) is 0 Å². The van der Waals surface area contributed by atoms with E-state index in [4.69, 9.17) is 9.47 Å². The number of rotatable bonds is 19. The van der Waals surface area contributed by atoms with Crippen molar-refractivity contribution in [2.45, 2.75) is 97.0 Å². The van der Waals surface area contributed by atoms with Gasteiger partial charge in [-0.2, -0.15) is 0 Å². The summed E-state index contributed by atoms with van der Waals surface area (Å²) >= 11 is 0. The van der Waals surface area contributed by atoms with Crippen molar-refractivity contribution in [1.29, 1.82) is 0 Å². The maximum atomic E-state index is 6.05. The molecule has 146 valence electrons. The summed E-state index contributed by atoms with van der Waals surface area (Å²) in [7, 11) is 4.21. The second-order valence-electron chi connectivity index (χ2n) is 7.37. The summed E-state index contributed by atoms with van der Waals surface area (Å²) in [5.41, 5.74) is 0. The van der Waals surface area contributed by atoms with Gasteiger partial charge in [0.15, 0.2) is 0 Å². The van der Waals surface area contributed by atoms with E-state index in [0.717, 1.165) is 26.4 Å². The topological polar surface area (TPSA) is 21.7 Å². The third-order valence-electron chi connectivity index (χ3n) is 4.37. The molecule has 0 aliphatic carbocycles. The first kappa shape index (κ1) is 23.9. The number of likely N-dealkylation sites (N-methyl/N-ethyl adjacent to an activating group) is 1. The molecule has 0 aromatic rings. The van der Waals surface area contributed by atoms with Crippen molar-refractivity contribution in [3.63, 3.8) is 0 Å². The Bertz CT molecular complexity index is 234. The zero-order valence-corrected chi connectivity index (χ0v) is 17.2. The number of ether oxygens (including phenoxy) is 2. The van der Waals surface area contributed by atoms with E-state index in [1.54, 1.807) is 0 Å². The van der Waals surface area contributed by atoms with Gasteiger partial charge in [0.2, 0.25) is 0 Å². The zero-order valence-electron chi connectivity index (χ0n) is 17.2. The van der Waals surface area contributed by atoms with Crippen LogP contribution >= 0.6 is 0 Å². The third-order valence-corrected chi connectivity index (χ3v) is 4.37. The van der Waals surface area contributed by atoms with E-state index in [2.05, 4.69) is 32.8 Å². The van der Waals surface area contributed by atoms with Gasteiger partial charge in [0.05, 0.1) is 12.7 Å². The predicted molar refractivity (Wildman–Crippen MR) is 106 cm³/mol. The van der Waals surface area contributed by atoms with Crippen molar-refractivity contribution in [2.24, 2.45) is 0 Å². The van der Waals surface area contributed by atoms with Gasteiger partial charge in [-0.15, -0.1) is 0 Å². The second kappa shape index (κ2) is 19.2. The largest absolute Gasteiger partial charge is 0.379 e. The summed E-state index contributed by atoms with van der Waals surface area (Å²) in [6.07, 6.45) is 16.0. The van der Waals surface area contributed by atoms with Crippen LogP contribution in [0.3, 0.4) is 0 Å². The molecule has 1 atom stereocenters. The van der Waals surface area contributed by atoms with E-state index in [1.807, 2.05) is 0 Å². The molecule has 1 unspecified atom stereocenters. The van der Waals surface area contributed by atoms with Crippen molar-refractivity contribution in [2.75, 3.05) is 40.5 Å². The molecule has 0 aromatic carbocycles. The highest BCUT2D eigenvalue weighted by molar-refractivity contribution is 4.61. The molecule has 0 aromatic heterocycles. The van der Waals surface area contributed by atoms with Crippen LogP contribution in [0.1, 0.15) is 90.9 Å². The van der Waals surface area contributed by atoms with E-state index in [-0.39, 0.29) is 6.10 Å². The number of hydrogen-bond donors (Lipinski definition) is 0. The third kappa shape index (κ3) is 18.2. The molecule has 3 nitrogen and oxygen atoms in total. The molecule has 0 radical (unpaired) electrons. The standard InChI is InChI=1S/C21H45NO2/c1-5-7-9-11-13-15-17-23-20-21(19-22(3)4)24-18-16-14-12-10-8-6-2/h21H,5-20H2,1-4H3. The molecule has 0 bridgehead atoms. The molecule has 0 N–H and O–H groups in total. The van der Waals surface area contributed by atoms with Crippen LogP contribution < -0.4 is 0 Å². The van der Waals surface area contributed by atoms with E-state index in [9.17, 15) is 0 Å². The molecule has 0 aliphatic heterocycles. The second-order valence-corrected chi connectivity index (χ2v) is 7.37. The lowest BCUT2D eigenvalue weighted by atomic mass is 10.1. The Balaban J connectivity index is 3.59. The van der Waals surface area contributed by atoms with Crippen LogP contribution in [0.2, 0.25) is 0 Å². The average molecular weight is 344 g/mol. The molecule has 0 heterocycles. The molecule has 0 fully saturated rings. The summed E-state index contributed by atoms with van der Waals surface area (Å²) in [6, 6.07) is 0. The highest BCUT2D eigenvalue weighted by atomic mass is 16.5. The molecule has 0 spiro atoms. The van der Waals surface area contributed by atoms with Gasteiger partial charge in [-0.05, 0) is 26.9 Å². The highest BCUT2D eigenvalue weighted by Gasteiger charge is 2.10. The first-order valence-corrected chi connectivity index (χ1v) is 10.5. The Morgan fingerprint density at radius 1 is 0.667 bits per heavy atom. The molecule has 0 saturated heterocycles. The maximum absolute atomic E-state index is 6.05. The Kier molecular flexibility index (Phi) is 19.1. The van der Waals surface area contributed by atoms with Crippen LogP contribution in [0.5, 0.6) is 0 Å². The fourth-order valence-electron chi connectivity index (χ4n) is 2.89. The Morgan fingerprint density at radius 3 is 1.71 bits per heavy atom. The van der Waals surface area contributed by atoms with Crippen molar-refractivity contribution in [1.82, 2.24) is 4.90 Å². The highest BCUT2D eigenvalue weighted by Crippen LogP contribution is 2.07. The molecule has 3 heteroatoms. The maximum Gasteiger partial charge on any atom is 0.0934 e. The number of unbranched alkanes of at least 4 members (excludes halogenated alkanes) is 10. The molecular weight excluding hydrogens is 298 g/mol. The van der Waals surface area contributed by atoms with E-state index in [1.165, 1.54) is 77.0 Å². The van der Waals surface area contributed by atoms with Crippen LogP contribution in [0.4, 0.5) is 0 Å². The Labute approximate surface area is 152 Å². The molecule has 0 amide bonds. The van der Waals surface area contributed by atoms with Crippen molar-refractivity contribution < 1.29 is 9.47 Å². The van der Waals surface area contributed by atoms with Gasteiger partial charge >= 0.3 is 0 Å². The van der Waals surface area contributed by atoms with E-state index >= 15 is 0 Å². The molecule has 0 aliphatic rings. The van der Waals surface area contributed by atoms with Crippen molar-refractivity contribution in [3.05, 3.63) is 0 Å². The zero-order chi connectivity index (χ0) is 17.9. The quantitative estimate of drug-likeness (QED) is 0.282. The van der Waals surface area contributed by atoms with Crippen LogP contribution in [-0.2, 0) is 9.47 Å². The smallest absolute Gasteiger partial charge is 0.0934 e. The first-order valence-electron chi connectivity index (χ1n) is 10.5. The van der Waals surface area contributed by atoms with Gasteiger partial charge in [-0.1, -0.05) is 78.1 Å². The summed E-state index contributed by atoms with van der Waals surface area (Å²) in [4.78, 5) is 2.19. The van der Waals surface area contributed by atoms with E-state index < -0.39 is 0 Å². The minimum Gasteiger partial charge on any atom is -0.379 e. The fraction of sp³-hybridized carbons (Fsp3) is 1.00. The van der Waals surface area contributed by atoms with Crippen molar-refractivity contribution in [3.8, 4) is 0 Å². The molecule has 0 saturated carbocycles. The molecule has 24 heavy (non-hydrogen) atoms. The Morgan fingerprint density at radius 2 is 1.17 bits per heavy atom. The summed E-state index contributed by atoms with van der Waals surface area (Å²) in [6.45, 7) is 7.98. The average Bonchev–Trinajstić information content (AvgIpc) is 2.55. The minimum absolute atomic E-state index is 0.218. The fourth-order valence-corrected chi connectivity index (χ4v) is 2.89. The molecule has 0 rings (SSSR count). The van der Waals surface area contributed by atoms with Gasteiger partial charge in [-0.25, -0.2) is 0 Å². The summed E-state index contributed by atoms with van der Waals surface area (Å²) in [5.74, 6) is 0. The molecular formula is C21H45NO2. The number of hydrogen-bond acceptors (Lipinski definition) is 3. The van der Waals surface area contributed by atoms with Gasteiger partial charge in [0.1, 0.15) is 0 Å². The van der Waals surface area contributed by atoms with Gasteiger partial charge in [-0.3, -0.25) is 0 Å². The van der Waals surface area contributed by atoms with Crippen LogP contribution in [-0.4, -0.2) is 51.5 Å². The number of nitrogens with zero attached hydrogens (tertiary/aromatic N) is 1. The predicted octanol–water partition coefficient (Wildman–Crippen LogP) is 5.67. The van der Waals surface area contributed by atoms with Crippen molar-refractivity contribution >= 4 is 0 Å². The monoisotopic (exact) mass is 343 g/mol. The SMILES string of the molecule is CCCCCCCCOCC(CN(C)C)OCCCCCCCC. The normalized spacial score (nSPS) is 12.9. The van der Waals surface area contributed by atoms with Gasteiger partial charge < -0.3 is 14.4 Å². The lowest BCUT2D eigenvalue weighted by molar-refractivity contribution is -0.0287. The van der Waals surface area contributed by atoms with Crippen LogP contribution in [0.25, 0.3) is 0 Å². The lowest BCUT2D eigenvalue weighted by Crippen LogP contribution is -2.32.